The molecular formula is C14H17NO3. The van der Waals surface area contributed by atoms with E-state index >= 15 is 0 Å². The number of fused-ring (bicyclic) bond motifs is 1. The lowest BCUT2D eigenvalue weighted by Crippen LogP contribution is -2.31. The fourth-order valence-electron chi connectivity index (χ4n) is 1.82. The number of terminal acetylenes is 1. The van der Waals surface area contributed by atoms with Crippen molar-refractivity contribution in [3.8, 4) is 29.6 Å². The Morgan fingerprint density at radius 1 is 1.39 bits per heavy atom. The van der Waals surface area contributed by atoms with Gasteiger partial charge in [-0.3, -0.25) is 5.32 Å². The molecule has 1 aromatic rings. The Morgan fingerprint density at radius 3 is 2.67 bits per heavy atom. The zero-order chi connectivity index (χ0) is 13.1. The summed E-state index contributed by atoms with van der Waals surface area (Å²) in [4.78, 5) is 0. The third kappa shape index (κ3) is 2.52. The lowest BCUT2D eigenvalue weighted by Gasteiger charge is -2.17. The third-order valence-corrected chi connectivity index (χ3v) is 2.93. The number of benzene rings is 1. The van der Waals surface area contributed by atoms with Gasteiger partial charge in [0, 0.05) is 18.2 Å². The maximum Gasteiger partial charge on any atom is 0.231 e. The molecule has 0 aliphatic carbocycles. The number of hydrogen-bond donors (Lipinski definition) is 2. The lowest BCUT2D eigenvalue weighted by molar-refractivity contribution is 0.174. The highest BCUT2D eigenvalue weighted by Gasteiger charge is 2.17. The fraction of sp³-hybridized carbons (Fsp3) is 0.429. The van der Waals surface area contributed by atoms with Gasteiger partial charge in [-0.1, -0.05) is 19.8 Å². The van der Waals surface area contributed by atoms with Gasteiger partial charge in [0.05, 0.1) is 6.04 Å². The second kappa shape index (κ2) is 5.19. The van der Waals surface area contributed by atoms with Crippen LogP contribution in [-0.2, 0) is 6.54 Å². The van der Waals surface area contributed by atoms with E-state index in [9.17, 15) is 5.11 Å². The van der Waals surface area contributed by atoms with Gasteiger partial charge in [0.15, 0.2) is 11.5 Å². The van der Waals surface area contributed by atoms with E-state index in [1.165, 1.54) is 0 Å². The Balaban J connectivity index is 2.08. The molecular weight excluding hydrogens is 230 g/mol. The Kier molecular flexibility index (Phi) is 3.63. The van der Waals surface area contributed by atoms with E-state index in [-0.39, 0.29) is 18.6 Å². The SMILES string of the molecule is C#CC(NCc1cc2c(cc1O)OCO2)C(C)C. The molecule has 0 saturated carbocycles. The molecule has 1 aliphatic rings. The summed E-state index contributed by atoms with van der Waals surface area (Å²) < 4.78 is 10.5. The zero-order valence-corrected chi connectivity index (χ0v) is 10.6. The van der Waals surface area contributed by atoms with Crippen LogP contribution in [0.4, 0.5) is 0 Å². The first-order chi connectivity index (χ1) is 8.61. The predicted octanol–water partition coefficient (Wildman–Crippen LogP) is 1.87. The van der Waals surface area contributed by atoms with Gasteiger partial charge in [0.2, 0.25) is 6.79 Å². The van der Waals surface area contributed by atoms with Crippen LogP contribution < -0.4 is 14.8 Å². The molecule has 0 spiro atoms. The minimum Gasteiger partial charge on any atom is -0.507 e. The summed E-state index contributed by atoms with van der Waals surface area (Å²) in [6, 6.07) is 3.33. The monoisotopic (exact) mass is 247 g/mol. The van der Waals surface area contributed by atoms with Crippen molar-refractivity contribution in [2.45, 2.75) is 26.4 Å². The number of hydrogen-bond acceptors (Lipinski definition) is 4. The molecule has 96 valence electrons. The Labute approximate surface area is 107 Å². The van der Waals surface area contributed by atoms with E-state index in [0.29, 0.717) is 24.0 Å². The predicted molar refractivity (Wildman–Crippen MR) is 68.5 cm³/mol. The largest absolute Gasteiger partial charge is 0.507 e. The van der Waals surface area contributed by atoms with E-state index in [4.69, 9.17) is 15.9 Å². The molecule has 1 aromatic carbocycles. The van der Waals surface area contributed by atoms with Gasteiger partial charge in [-0.25, -0.2) is 0 Å². The van der Waals surface area contributed by atoms with Crippen LogP contribution in [0.25, 0.3) is 0 Å². The highest BCUT2D eigenvalue weighted by Crippen LogP contribution is 2.37. The van der Waals surface area contributed by atoms with Gasteiger partial charge in [0.25, 0.3) is 0 Å². The summed E-state index contributed by atoms with van der Waals surface area (Å²) in [6.07, 6.45) is 5.45. The third-order valence-electron chi connectivity index (χ3n) is 2.93. The van der Waals surface area contributed by atoms with Crippen LogP contribution in [0.15, 0.2) is 12.1 Å². The van der Waals surface area contributed by atoms with Crippen LogP contribution in [0.5, 0.6) is 17.2 Å². The summed E-state index contributed by atoms with van der Waals surface area (Å²) >= 11 is 0. The highest BCUT2D eigenvalue weighted by atomic mass is 16.7. The van der Waals surface area contributed by atoms with E-state index in [0.717, 1.165) is 5.56 Å². The van der Waals surface area contributed by atoms with Crippen molar-refractivity contribution >= 4 is 0 Å². The van der Waals surface area contributed by atoms with Gasteiger partial charge in [0.1, 0.15) is 5.75 Å². The summed E-state index contributed by atoms with van der Waals surface area (Å²) in [7, 11) is 0. The summed E-state index contributed by atoms with van der Waals surface area (Å²) in [6.45, 7) is 4.80. The molecule has 1 unspecified atom stereocenters. The molecule has 4 nitrogen and oxygen atoms in total. The van der Waals surface area contributed by atoms with Crippen molar-refractivity contribution in [1.29, 1.82) is 0 Å². The first-order valence-corrected chi connectivity index (χ1v) is 5.93. The van der Waals surface area contributed by atoms with Gasteiger partial charge >= 0.3 is 0 Å². The topological polar surface area (TPSA) is 50.7 Å². The number of phenols is 1. The number of nitrogens with one attached hydrogen (secondary N) is 1. The molecule has 18 heavy (non-hydrogen) atoms. The molecule has 1 heterocycles. The van der Waals surface area contributed by atoms with Crippen molar-refractivity contribution in [2.24, 2.45) is 5.92 Å². The standard InChI is InChI=1S/C14H17NO3/c1-4-11(9(2)3)15-7-10-5-13-14(6-12(10)16)18-8-17-13/h1,5-6,9,11,15-16H,7-8H2,2-3H3. The molecule has 0 radical (unpaired) electrons. The smallest absolute Gasteiger partial charge is 0.231 e. The van der Waals surface area contributed by atoms with E-state index in [1.807, 2.05) is 0 Å². The summed E-state index contributed by atoms with van der Waals surface area (Å²) in [5, 5.41) is 13.1. The normalized spacial score (nSPS) is 14.6. The number of phenolic OH excluding ortho intramolecular Hbond substituents is 1. The van der Waals surface area contributed by atoms with E-state index in [1.54, 1.807) is 12.1 Å². The average molecular weight is 247 g/mol. The molecule has 2 rings (SSSR count). The maximum absolute atomic E-state index is 9.87. The Bertz CT molecular complexity index is 477. The second-order valence-corrected chi connectivity index (χ2v) is 4.60. The summed E-state index contributed by atoms with van der Waals surface area (Å²) in [5.41, 5.74) is 0.750. The molecule has 1 aliphatic heterocycles. The molecule has 1 atom stereocenters. The van der Waals surface area contributed by atoms with Crippen molar-refractivity contribution in [3.05, 3.63) is 17.7 Å². The van der Waals surface area contributed by atoms with Crippen molar-refractivity contribution < 1.29 is 14.6 Å². The Hall–Kier alpha value is -1.86. The van der Waals surface area contributed by atoms with Crippen LogP contribution in [0, 0.1) is 18.3 Å². The van der Waals surface area contributed by atoms with Crippen LogP contribution in [0.3, 0.4) is 0 Å². The first kappa shape index (κ1) is 12.6. The molecule has 0 bridgehead atoms. The quantitative estimate of drug-likeness (QED) is 0.797. The molecule has 0 aromatic heterocycles. The molecule has 2 N–H and O–H groups in total. The minimum absolute atomic E-state index is 0.0187. The average Bonchev–Trinajstić information content (AvgIpc) is 2.76. The number of ether oxygens (including phenoxy) is 2. The van der Waals surface area contributed by atoms with Gasteiger partial charge in [-0.15, -0.1) is 6.42 Å². The maximum atomic E-state index is 9.87. The zero-order valence-electron chi connectivity index (χ0n) is 10.6. The van der Waals surface area contributed by atoms with Crippen molar-refractivity contribution in [1.82, 2.24) is 5.32 Å². The minimum atomic E-state index is -0.0187. The number of rotatable bonds is 4. The van der Waals surface area contributed by atoms with E-state index < -0.39 is 0 Å². The van der Waals surface area contributed by atoms with Gasteiger partial charge in [-0.05, 0) is 12.0 Å². The molecule has 0 amide bonds. The van der Waals surface area contributed by atoms with Gasteiger partial charge < -0.3 is 14.6 Å². The summed E-state index contributed by atoms with van der Waals surface area (Å²) in [5.74, 6) is 4.46. The van der Waals surface area contributed by atoms with Crippen molar-refractivity contribution in [2.75, 3.05) is 6.79 Å². The van der Waals surface area contributed by atoms with Crippen LogP contribution in [-0.4, -0.2) is 17.9 Å². The molecule has 0 fully saturated rings. The fourth-order valence-corrected chi connectivity index (χ4v) is 1.82. The van der Waals surface area contributed by atoms with Crippen molar-refractivity contribution in [3.63, 3.8) is 0 Å². The number of aromatic hydroxyl groups is 1. The lowest BCUT2D eigenvalue weighted by atomic mass is 10.0. The molecule has 0 saturated heterocycles. The first-order valence-electron chi connectivity index (χ1n) is 5.93. The van der Waals surface area contributed by atoms with E-state index in [2.05, 4.69) is 25.1 Å². The molecule has 4 heteroatoms. The van der Waals surface area contributed by atoms with Crippen LogP contribution in [0.1, 0.15) is 19.4 Å². The highest BCUT2D eigenvalue weighted by molar-refractivity contribution is 5.51. The van der Waals surface area contributed by atoms with Crippen LogP contribution >= 0.6 is 0 Å². The Morgan fingerprint density at radius 2 is 2.06 bits per heavy atom. The van der Waals surface area contributed by atoms with Crippen LogP contribution in [0.2, 0.25) is 0 Å². The second-order valence-electron chi connectivity index (χ2n) is 4.60. The van der Waals surface area contributed by atoms with Gasteiger partial charge in [-0.2, -0.15) is 0 Å².